The number of nitrogen functional groups attached to an aromatic ring is 1. The van der Waals surface area contributed by atoms with Crippen molar-refractivity contribution in [1.82, 2.24) is 29.6 Å². The second-order valence-electron chi connectivity index (χ2n) is 8.97. The van der Waals surface area contributed by atoms with Gasteiger partial charge in [0.2, 0.25) is 11.8 Å². The number of hydrogen-bond donors (Lipinski definition) is 2. The molecule has 4 heterocycles. The van der Waals surface area contributed by atoms with Crippen molar-refractivity contribution in [2.24, 2.45) is 0 Å². The van der Waals surface area contributed by atoms with Crippen LogP contribution in [0.1, 0.15) is 5.56 Å². The van der Waals surface area contributed by atoms with Gasteiger partial charge in [0.25, 0.3) is 0 Å². The van der Waals surface area contributed by atoms with E-state index < -0.39 is 0 Å². The average molecular weight is 502 g/mol. The number of anilines is 4. The lowest BCUT2D eigenvalue weighted by molar-refractivity contribution is 0.122. The Bertz CT molecular complexity index is 1350. The molecule has 0 aliphatic carbocycles. The Balaban J connectivity index is 1.44. The number of nitrogens with one attached hydrogen (secondary N) is 1. The van der Waals surface area contributed by atoms with Gasteiger partial charge >= 0.3 is 0 Å². The first-order chi connectivity index (χ1) is 18.0. The molecule has 1 fully saturated rings. The third kappa shape index (κ3) is 5.47. The van der Waals surface area contributed by atoms with Crippen LogP contribution in [0.5, 0.6) is 5.88 Å². The van der Waals surface area contributed by atoms with Crippen LogP contribution in [0.25, 0.3) is 17.1 Å². The normalized spacial score (nSPS) is 13.7. The first-order valence-electron chi connectivity index (χ1n) is 12.1. The minimum atomic E-state index is 0.377. The predicted octanol–water partition coefficient (Wildman–Crippen LogP) is 2.96. The summed E-state index contributed by atoms with van der Waals surface area (Å²) in [5.74, 6) is 2.09. The van der Waals surface area contributed by atoms with E-state index in [-0.39, 0.29) is 0 Å². The lowest BCUT2D eigenvalue weighted by Crippen LogP contribution is -2.37. The largest absolute Gasteiger partial charge is 0.479 e. The number of ether oxygens (including phenoxy) is 2. The van der Waals surface area contributed by atoms with Crippen molar-refractivity contribution in [3.8, 4) is 23.0 Å². The molecule has 1 aliphatic heterocycles. The molecule has 1 aromatic carbocycles. The number of methoxy groups -OCH3 is 1. The van der Waals surface area contributed by atoms with Gasteiger partial charge in [-0.1, -0.05) is 30.3 Å². The van der Waals surface area contributed by atoms with Crippen LogP contribution in [-0.4, -0.2) is 77.1 Å². The van der Waals surface area contributed by atoms with Crippen LogP contribution >= 0.6 is 0 Å². The molecule has 0 bridgehead atoms. The monoisotopic (exact) mass is 501 g/mol. The zero-order chi connectivity index (χ0) is 25.8. The zero-order valence-corrected chi connectivity index (χ0v) is 21.3. The molecule has 0 unspecified atom stereocenters. The second kappa shape index (κ2) is 10.8. The van der Waals surface area contributed by atoms with Crippen LogP contribution in [0.3, 0.4) is 0 Å². The van der Waals surface area contributed by atoms with Crippen molar-refractivity contribution in [2.75, 3.05) is 63.5 Å². The summed E-state index contributed by atoms with van der Waals surface area (Å²) in [5, 5.41) is 8.07. The summed E-state index contributed by atoms with van der Waals surface area (Å²) in [5.41, 5.74) is 10.5. The molecular formula is C26H31N9O2. The minimum Gasteiger partial charge on any atom is -0.479 e. The summed E-state index contributed by atoms with van der Waals surface area (Å²) in [6.07, 6.45) is 3.69. The molecule has 0 radical (unpaired) electrons. The van der Waals surface area contributed by atoms with Crippen molar-refractivity contribution < 1.29 is 9.47 Å². The number of pyridine rings is 1. The fourth-order valence-electron chi connectivity index (χ4n) is 4.26. The molecule has 1 aliphatic rings. The average Bonchev–Trinajstić information content (AvgIpc) is 3.33. The maximum atomic E-state index is 6.37. The third-order valence-corrected chi connectivity index (χ3v) is 5.95. The molecule has 192 valence electrons. The molecule has 1 saturated heterocycles. The Kier molecular flexibility index (Phi) is 7.15. The van der Waals surface area contributed by atoms with E-state index in [0.29, 0.717) is 48.1 Å². The maximum absolute atomic E-state index is 6.37. The Hall–Kier alpha value is -4.22. The molecule has 0 atom stereocenters. The molecule has 5 rings (SSSR count). The number of morpholine rings is 1. The summed E-state index contributed by atoms with van der Waals surface area (Å²) in [4.78, 5) is 17.9. The molecule has 0 spiro atoms. The molecule has 11 heteroatoms. The van der Waals surface area contributed by atoms with Crippen LogP contribution in [0.2, 0.25) is 0 Å². The number of hydrogen-bond acceptors (Lipinski definition) is 10. The number of nitrogens with two attached hydrogens (primary N) is 1. The van der Waals surface area contributed by atoms with Gasteiger partial charge in [0.1, 0.15) is 5.69 Å². The summed E-state index contributed by atoms with van der Waals surface area (Å²) in [6.45, 7) is 3.48. The van der Waals surface area contributed by atoms with Gasteiger partial charge in [0, 0.05) is 49.2 Å². The Morgan fingerprint density at radius 2 is 1.89 bits per heavy atom. The fraction of sp³-hybridized carbons (Fsp3) is 0.308. The van der Waals surface area contributed by atoms with Gasteiger partial charge in [-0.25, -0.2) is 9.67 Å². The number of nitrogens with zero attached hydrogens (tertiary/aromatic N) is 7. The van der Waals surface area contributed by atoms with Gasteiger partial charge in [-0.3, -0.25) is 0 Å². The minimum absolute atomic E-state index is 0.377. The van der Waals surface area contributed by atoms with Crippen molar-refractivity contribution in [3.05, 3.63) is 60.4 Å². The van der Waals surface area contributed by atoms with Gasteiger partial charge in [-0.05, 0) is 20.2 Å². The topological polar surface area (TPSA) is 119 Å². The van der Waals surface area contributed by atoms with E-state index in [1.165, 1.54) is 0 Å². The zero-order valence-electron chi connectivity index (χ0n) is 21.3. The van der Waals surface area contributed by atoms with Gasteiger partial charge in [0.05, 0.1) is 31.7 Å². The highest BCUT2D eigenvalue weighted by molar-refractivity contribution is 5.74. The lowest BCUT2D eigenvalue weighted by atomic mass is 10.1. The Labute approximate surface area is 215 Å². The van der Waals surface area contributed by atoms with E-state index in [4.69, 9.17) is 25.3 Å². The Morgan fingerprint density at radius 1 is 1.11 bits per heavy atom. The first-order valence-corrected chi connectivity index (χ1v) is 12.1. The molecular weight excluding hydrogens is 470 g/mol. The van der Waals surface area contributed by atoms with E-state index >= 15 is 0 Å². The van der Waals surface area contributed by atoms with Crippen LogP contribution in [0.4, 0.5) is 23.1 Å². The molecule has 0 saturated carbocycles. The molecule has 4 aromatic rings. The highest BCUT2D eigenvalue weighted by Crippen LogP contribution is 2.33. The second-order valence-corrected chi connectivity index (χ2v) is 8.97. The van der Waals surface area contributed by atoms with E-state index in [1.54, 1.807) is 24.1 Å². The quantitative estimate of drug-likeness (QED) is 0.373. The van der Waals surface area contributed by atoms with Gasteiger partial charge < -0.3 is 30.3 Å². The number of rotatable bonds is 8. The predicted molar refractivity (Wildman–Crippen MR) is 143 cm³/mol. The van der Waals surface area contributed by atoms with Crippen LogP contribution in [-0.2, 0) is 11.3 Å². The van der Waals surface area contributed by atoms with E-state index in [0.717, 1.165) is 36.5 Å². The Morgan fingerprint density at radius 3 is 2.62 bits per heavy atom. The molecule has 3 N–H and O–H groups in total. The summed E-state index contributed by atoms with van der Waals surface area (Å²) in [6, 6.07) is 13.8. The van der Waals surface area contributed by atoms with Gasteiger partial charge in [-0.15, -0.1) is 0 Å². The third-order valence-electron chi connectivity index (χ3n) is 5.95. The van der Waals surface area contributed by atoms with E-state index in [9.17, 15) is 0 Å². The maximum Gasteiger partial charge on any atom is 0.239 e. The fourth-order valence-corrected chi connectivity index (χ4v) is 4.26. The SMILES string of the molecule is COc1nc(N2CCOCC2)c(N)cc1Nc1nccc(-n2cc(CN(C)C)c(-c3ccccc3)n2)n1. The highest BCUT2D eigenvalue weighted by atomic mass is 16.5. The lowest BCUT2D eigenvalue weighted by Gasteiger charge is -2.29. The number of benzene rings is 1. The van der Waals surface area contributed by atoms with Crippen LogP contribution in [0.15, 0.2) is 54.9 Å². The smallest absolute Gasteiger partial charge is 0.239 e. The summed E-state index contributed by atoms with van der Waals surface area (Å²) < 4.78 is 12.8. The van der Waals surface area contributed by atoms with Gasteiger partial charge in [0.15, 0.2) is 11.6 Å². The summed E-state index contributed by atoms with van der Waals surface area (Å²) >= 11 is 0. The van der Waals surface area contributed by atoms with Crippen molar-refractivity contribution in [1.29, 1.82) is 0 Å². The van der Waals surface area contributed by atoms with Crippen molar-refractivity contribution >= 4 is 23.1 Å². The van der Waals surface area contributed by atoms with Crippen molar-refractivity contribution in [2.45, 2.75) is 6.54 Å². The van der Waals surface area contributed by atoms with Gasteiger partial charge in [-0.2, -0.15) is 15.1 Å². The number of aromatic nitrogens is 5. The van der Waals surface area contributed by atoms with Crippen LogP contribution < -0.4 is 20.7 Å². The molecule has 37 heavy (non-hydrogen) atoms. The van der Waals surface area contributed by atoms with E-state index in [2.05, 4.69) is 37.2 Å². The summed E-state index contributed by atoms with van der Waals surface area (Å²) in [7, 11) is 5.65. The standard InChI is InChI=1S/C26H31N9O2/c1-33(2)16-19-17-35(32-23(19)18-7-5-4-6-8-18)22-9-10-28-26(30-22)29-21-15-20(27)24(31-25(21)36-3)34-11-13-37-14-12-34/h4-10,15,17H,11-14,16,27H2,1-3H3,(H,28,29,30). The van der Waals surface area contributed by atoms with Crippen LogP contribution in [0, 0.1) is 0 Å². The highest BCUT2D eigenvalue weighted by Gasteiger charge is 2.20. The van der Waals surface area contributed by atoms with Crippen molar-refractivity contribution in [3.63, 3.8) is 0 Å². The molecule has 3 aromatic heterocycles. The first kappa shape index (κ1) is 24.5. The molecule has 11 nitrogen and oxygen atoms in total. The van der Waals surface area contributed by atoms with E-state index in [1.807, 2.05) is 44.6 Å². The molecule has 0 amide bonds.